The first-order valence-corrected chi connectivity index (χ1v) is 6.96. The second kappa shape index (κ2) is 7.03. The van der Waals surface area contributed by atoms with Crippen LogP contribution in [0.1, 0.15) is 12.5 Å². The van der Waals surface area contributed by atoms with Gasteiger partial charge in [-0.3, -0.25) is 14.9 Å². The van der Waals surface area contributed by atoms with E-state index < -0.39 is 28.6 Å². The minimum absolute atomic E-state index is 0.00712. The second-order valence-corrected chi connectivity index (χ2v) is 5.03. The molecular formula is C16H14F2N2O4. The molecule has 0 saturated carbocycles. The third-order valence-corrected chi connectivity index (χ3v) is 3.33. The van der Waals surface area contributed by atoms with Gasteiger partial charge in [-0.2, -0.15) is 0 Å². The lowest BCUT2D eigenvalue weighted by Gasteiger charge is -2.15. The maximum absolute atomic E-state index is 13.1. The molecule has 0 aliphatic heterocycles. The van der Waals surface area contributed by atoms with E-state index in [1.54, 1.807) is 0 Å². The fourth-order valence-electron chi connectivity index (χ4n) is 2.00. The van der Waals surface area contributed by atoms with Crippen LogP contribution in [0.25, 0.3) is 0 Å². The third kappa shape index (κ3) is 3.83. The molecule has 1 N–H and O–H groups in total. The Bertz CT molecular complexity index is 796. The fourth-order valence-corrected chi connectivity index (χ4v) is 2.00. The highest BCUT2D eigenvalue weighted by Gasteiger charge is 2.19. The molecule has 0 radical (unpaired) electrons. The van der Waals surface area contributed by atoms with Gasteiger partial charge in [0.25, 0.3) is 11.6 Å². The first-order chi connectivity index (χ1) is 11.3. The number of nitrogens with one attached hydrogen (secondary N) is 1. The molecule has 8 heteroatoms. The van der Waals surface area contributed by atoms with Crippen molar-refractivity contribution in [3.8, 4) is 5.75 Å². The van der Waals surface area contributed by atoms with Crippen LogP contribution in [-0.4, -0.2) is 16.9 Å². The van der Waals surface area contributed by atoms with Gasteiger partial charge in [-0.25, -0.2) is 8.78 Å². The van der Waals surface area contributed by atoms with Crippen LogP contribution in [-0.2, 0) is 4.79 Å². The predicted molar refractivity (Wildman–Crippen MR) is 82.9 cm³/mol. The lowest BCUT2D eigenvalue weighted by Crippen LogP contribution is -2.30. The van der Waals surface area contributed by atoms with E-state index in [0.29, 0.717) is 5.56 Å². The molecule has 0 spiro atoms. The summed E-state index contributed by atoms with van der Waals surface area (Å²) in [6.07, 6.45) is -1.02. The number of hydrogen-bond donors (Lipinski definition) is 1. The molecule has 2 aromatic rings. The van der Waals surface area contributed by atoms with Crippen molar-refractivity contribution in [3.63, 3.8) is 0 Å². The van der Waals surface area contributed by atoms with Gasteiger partial charge in [0.1, 0.15) is 5.75 Å². The molecule has 0 saturated heterocycles. The Morgan fingerprint density at radius 2 is 1.96 bits per heavy atom. The van der Waals surface area contributed by atoms with Crippen molar-refractivity contribution in [1.82, 2.24) is 0 Å². The summed E-state index contributed by atoms with van der Waals surface area (Å²) in [4.78, 5) is 22.5. The molecule has 0 aromatic heterocycles. The van der Waals surface area contributed by atoms with Crippen molar-refractivity contribution >= 4 is 17.3 Å². The first-order valence-electron chi connectivity index (χ1n) is 6.96. The van der Waals surface area contributed by atoms with E-state index in [0.717, 1.165) is 12.1 Å². The van der Waals surface area contributed by atoms with Gasteiger partial charge in [-0.15, -0.1) is 0 Å². The summed E-state index contributed by atoms with van der Waals surface area (Å²) in [7, 11) is 0. The van der Waals surface area contributed by atoms with Gasteiger partial charge < -0.3 is 10.1 Å². The number of ether oxygens (including phenoxy) is 1. The van der Waals surface area contributed by atoms with E-state index in [1.807, 2.05) is 0 Å². The van der Waals surface area contributed by atoms with Gasteiger partial charge in [0.05, 0.1) is 16.2 Å². The molecule has 2 aromatic carbocycles. The van der Waals surface area contributed by atoms with Crippen LogP contribution in [0, 0.1) is 28.7 Å². The topological polar surface area (TPSA) is 81.5 Å². The number of hydrogen-bond acceptors (Lipinski definition) is 4. The van der Waals surface area contributed by atoms with Crippen molar-refractivity contribution in [2.45, 2.75) is 20.0 Å². The Labute approximate surface area is 136 Å². The van der Waals surface area contributed by atoms with E-state index in [2.05, 4.69) is 5.32 Å². The highest BCUT2D eigenvalue weighted by Crippen LogP contribution is 2.25. The zero-order valence-corrected chi connectivity index (χ0v) is 12.9. The summed E-state index contributed by atoms with van der Waals surface area (Å²) >= 11 is 0. The molecule has 2 rings (SSSR count). The number of carbonyl (C=O) groups excluding carboxylic acids is 1. The molecule has 0 fully saturated rings. The number of amides is 1. The molecule has 0 aliphatic rings. The van der Waals surface area contributed by atoms with Crippen molar-refractivity contribution in [2.24, 2.45) is 0 Å². The van der Waals surface area contributed by atoms with Crippen molar-refractivity contribution in [1.29, 1.82) is 0 Å². The number of rotatable bonds is 5. The number of halogens is 2. The number of benzene rings is 2. The van der Waals surface area contributed by atoms with E-state index in [1.165, 1.54) is 38.1 Å². The zero-order valence-electron chi connectivity index (χ0n) is 12.9. The summed E-state index contributed by atoms with van der Waals surface area (Å²) < 4.78 is 31.2. The number of nitrogens with zero attached hydrogens (tertiary/aromatic N) is 1. The molecule has 126 valence electrons. The minimum Gasteiger partial charge on any atom is -0.481 e. The highest BCUT2D eigenvalue weighted by atomic mass is 19.2. The van der Waals surface area contributed by atoms with Gasteiger partial charge in [0, 0.05) is 12.1 Å². The van der Waals surface area contributed by atoms with E-state index in [4.69, 9.17) is 4.74 Å². The second-order valence-electron chi connectivity index (χ2n) is 5.03. The van der Waals surface area contributed by atoms with E-state index in [-0.39, 0.29) is 17.1 Å². The molecule has 0 aliphatic carbocycles. The lowest BCUT2D eigenvalue weighted by molar-refractivity contribution is -0.385. The Kier molecular flexibility index (Phi) is 5.08. The SMILES string of the molecule is Cc1c(NC(=O)C(C)Oc2ccc(F)c(F)c2)cccc1[N+](=O)[O-]. The summed E-state index contributed by atoms with van der Waals surface area (Å²) in [5.74, 6) is -2.70. The van der Waals surface area contributed by atoms with Gasteiger partial charge in [0.2, 0.25) is 0 Å². The standard InChI is InChI=1S/C16H14F2N2O4/c1-9-14(4-3-5-15(9)20(22)23)19-16(21)10(2)24-11-6-7-12(17)13(18)8-11/h3-8,10H,1-2H3,(H,19,21). The van der Waals surface area contributed by atoms with Crippen molar-refractivity contribution < 1.29 is 23.2 Å². The number of nitro benzene ring substituents is 1. The smallest absolute Gasteiger partial charge is 0.274 e. The van der Waals surface area contributed by atoms with Gasteiger partial charge in [-0.1, -0.05) is 6.07 Å². The molecule has 6 nitrogen and oxygen atoms in total. The zero-order chi connectivity index (χ0) is 17.9. The quantitative estimate of drug-likeness (QED) is 0.668. The molecule has 1 unspecified atom stereocenters. The van der Waals surface area contributed by atoms with Crippen LogP contribution >= 0.6 is 0 Å². The number of nitro groups is 1. The molecule has 1 amide bonds. The normalized spacial score (nSPS) is 11.7. The van der Waals surface area contributed by atoms with Crippen LogP contribution in [0.5, 0.6) is 5.75 Å². The summed E-state index contributed by atoms with van der Waals surface area (Å²) in [5.41, 5.74) is 0.452. The Morgan fingerprint density at radius 1 is 1.25 bits per heavy atom. The highest BCUT2D eigenvalue weighted by molar-refractivity contribution is 5.95. The third-order valence-electron chi connectivity index (χ3n) is 3.33. The van der Waals surface area contributed by atoms with Crippen LogP contribution in [0.3, 0.4) is 0 Å². The molecular weight excluding hydrogens is 322 g/mol. The van der Waals surface area contributed by atoms with Crippen molar-refractivity contribution in [3.05, 3.63) is 63.7 Å². The average Bonchev–Trinajstić information content (AvgIpc) is 2.52. The Morgan fingerprint density at radius 3 is 2.58 bits per heavy atom. The summed E-state index contributed by atoms with van der Waals surface area (Å²) in [6.45, 7) is 2.93. The first kappa shape index (κ1) is 17.3. The van der Waals surface area contributed by atoms with E-state index >= 15 is 0 Å². The molecule has 1 atom stereocenters. The van der Waals surface area contributed by atoms with E-state index in [9.17, 15) is 23.7 Å². The van der Waals surface area contributed by atoms with Gasteiger partial charge in [-0.05, 0) is 32.0 Å². The summed E-state index contributed by atoms with van der Waals surface area (Å²) in [5, 5.41) is 13.4. The Hall–Kier alpha value is -3.03. The maximum Gasteiger partial charge on any atom is 0.274 e. The van der Waals surface area contributed by atoms with Crippen LogP contribution in [0.15, 0.2) is 36.4 Å². The van der Waals surface area contributed by atoms with Crippen LogP contribution in [0.4, 0.5) is 20.2 Å². The lowest BCUT2D eigenvalue weighted by atomic mass is 10.1. The summed E-state index contributed by atoms with van der Waals surface area (Å²) in [6, 6.07) is 7.21. The van der Waals surface area contributed by atoms with Gasteiger partial charge in [0.15, 0.2) is 17.7 Å². The largest absolute Gasteiger partial charge is 0.481 e. The van der Waals surface area contributed by atoms with Crippen LogP contribution < -0.4 is 10.1 Å². The molecule has 0 bridgehead atoms. The maximum atomic E-state index is 13.1. The van der Waals surface area contributed by atoms with Gasteiger partial charge >= 0.3 is 0 Å². The predicted octanol–water partition coefficient (Wildman–Crippen LogP) is 3.59. The molecule has 24 heavy (non-hydrogen) atoms. The average molecular weight is 336 g/mol. The number of anilines is 1. The Balaban J connectivity index is 2.10. The molecule has 0 heterocycles. The monoisotopic (exact) mass is 336 g/mol. The fraction of sp³-hybridized carbons (Fsp3) is 0.188. The number of carbonyl (C=O) groups is 1. The minimum atomic E-state index is -1.09. The van der Waals surface area contributed by atoms with Crippen LogP contribution in [0.2, 0.25) is 0 Å². The van der Waals surface area contributed by atoms with Crippen molar-refractivity contribution in [2.75, 3.05) is 5.32 Å².